The van der Waals surface area contributed by atoms with E-state index >= 15 is 0 Å². The zero-order valence-corrected chi connectivity index (χ0v) is 13.1. The molecule has 0 saturated carbocycles. The van der Waals surface area contributed by atoms with Crippen LogP contribution >= 0.6 is 0 Å². The summed E-state index contributed by atoms with van der Waals surface area (Å²) in [5.74, 6) is 0. The van der Waals surface area contributed by atoms with Crippen molar-refractivity contribution in [2.75, 3.05) is 31.1 Å². The predicted molar refractivity (Wildman–Crippen MR) is 85.8 cm³/mol. The Kier molecular flexibility index (Phi) is 4.43. The fourth-order valence-electron chi connectivity index (χ4n) is 2.99. The van der Waals surface area contributed by atoms with E-state index in [4.69, 9.17) is 0 Å². The van der Waals surface area contributed by atoms with E-state index in [1.54, 1.807) is 0 Å². The molecule has 1 fully saturated rings. The number of piperazine rings is 1. The Hall–Kier alpha value is -1.82. The number of benzene rings is 1. The van der Waals surface area contributed by atoms with Gasteiger partial charge in [0.15, 0.2) is 0 Å². The maximum atomic E-state index is 13.0. The largest absolute Gasteiger partial charge is 0.416 e. The highest BCUT2D eigenvalue weighted by molar-refractivity contribution is 5.92. The van der Waals surface area contributed by atoms with Crippen LogP contribution in [0.4, 0.5) is 18.9 Å². The lowest BCUT2D eigenvalue weighted by Crippen LogP contribution is -2.43. The monoisotopic (exact) mass is 323 g/mol. The van der Waals surface area contributed by atoms with Crippen LogP contribution in [0.25, 0.3) is 10.9 Å². The summed E-state index contributed by atoms with van der Waals surface area (Å²) >= 11 is 0. The molecule has 0 radical (unpaired) electrons. The van der Waals surface area contributed by atoms with E-state index in [1.165, 1.54) is 12.1 Å². The second kappa shape index (κ2) is 6.35. The van der Waals surface area contributed by atoms with Crippen molar-refractivity contribution in [2.24, 2.45) is 0 Å². The Labute approximate surface area is 133 Å². The first-order chi connectivity index (χ1) is 11.0. The van der Waals surface area contributed by atoms with Gasteiger partial charge in [-0.1, -0.05) is 13.3 Å². The Morgan fingerprint density at radius 3 is 2.57 bits per heavy atom. The van der Waals surface area contributed by atoms with Crippen molar-refractivity contribution < 1.29 is 13.2 Å². The fraction of sp³-hybridized carbons (Fsp3) is 0.471. The predicted octanol–water partition coefficient (Wildman–Crippen LogP) is 3.62. The SMILES string of the molecule is CCCc1cc(N2CCNCC2)c2cc(C(F)(F)F)ccc2n1. The average molecular weight is 323 g/mol. The van der Waals surface area contributed by atoms with E-state index < -0.39 is 11.7 Å². The Morgan fingerprint density at radius 1 is 1.17 bits per heavy atom. The molecule has 6 heteroatoms. The van der Waals surface area contributed by atoms with Crippen molar-refractivity contribution in [3.05, 3.63) is 35.5 Å². The van der Waals surface area contributed by atoms with E-state index in [-0.39, 0.29) is 0 Å². The molecule has 2 aromatic rings. The standard InChI is InChI=1S/C17H20F3N3/c1-2-3-13-11-16(23-8-6-21-7-9-23)14-10-12(17(18,19)20)4-5-15(14)22-13/h4-5,10-11,21H,2-3,6-9H2,1H3. The van der Waals surface area contributed by atoms with Crippen LogP contribution in [0.3, 0.4) is 0 Å². The first-order valence-corrected chi connectivity index (χ1v) is 7.95. The summed E-state index contributed by atoms with van der Waals surface area (Å²) in [5.41, 5.74) is 1.82. The normalized spacial score (nSPS) is 16.1. The summed E-state index contributed by atoms with van der Waals surface area (Å²) in [6, 6.07) is 5.79. The number of alkyl halides is 3. The van der Waals surface area contributed by atoms with E-state index in [9.17, 15) is 13.2 Å². The molecule has 0 amide bonds. The molecule has 1 saturated heterocycles. The maximum Gasteiger partial charge on any atom is 0.416 e. The van der Waals surface area contributed by atoms with E-state index in [2.05, 4.69) is 22.1 Å². The molecule has 0 aliphatic carbocycles. The quantitative estimate of drug-likeness (QED) is 0.935. The minimum atomic E-state index is -4.34. The second-order valence-corrected chi connectivity index (χ2v) is 5.85. The van der Waals surface area contributed by atoms with Crippen LogP contribution in [0.5, 0.6) is 0 Å². The highest BCUT2D eigenvalue weighted by atomic mass is 19.4. The molecule has 3 rings (SSSR count). The minimum absolute atomic E-state index is 0.585. The molecule has 23 heavy (non-hydrogen) atoms. The molecule has 1 aromatic carbocycles. The fourth-order valence-corrected chi connectivity index (χ4v) is 2.99. The average Bonchev–Trinajstić information content (AvgIpc) is 2.54. The lowest BCUT2D eigenvalue weighted by Gasteiger charge is -2.31. The van der Waals surface area contributed by atoms with Crippen LogP contribution in [0.2, 0.25) is 0 Å². The molecule has 1 aliphatic rings. The van der Waals surface area contributed by atoms with Crippen molar-refractivity contribution in [3.8, 4) is 0 Å². The third-order valence-corrected chi connectivity index (χ3v) is 4.13. The number of anilines is 1. The lowest BCUT2D eigenvalue weighted by molar-refractivity contribution is -0.137. The number of pyridine rings is 1. The highest BCUT2D eigenvalue weighted by Gasteiger charge is 2.31. The van der Waals surface area contributed by atoms with Gasteiger partial charge in [-0.2, -0.15) is 13.2 Å². The van der Waals surface area contributed by atoms with Gasteiger partial charge in [-0.3, -0.25) is 4.98 Å². The zero-order valence-electron chi connectivity index (χ0n) is 13.1. The van der Waals surface area contributed by atoms with Gasteiger partial charge < -0.3 is 10.2 Å². The molecule has 0 atom stereocenters. The van der Waals surface area contributed by atoms with Gasteiger partial charge in [-0.25, -0.2) is 0 Å². The van der Waals surface area contributed by atoms with Gasteiger partial charge in [0.05, 0.1) is 11.1 Å². The van der Waals surface area contributed by atoms with Crippen LogP contribution in [0.15, 0.2) is 24.3 Å². The van der Waals surface area contributed by atoms with Crippen molar-refractivity contribution >= 4 is 16.6 Å². The maximum absolute atomic E-state index is 13.0. The van der Waals surface area contributed by atoms with Gasteiger partial charge in [0, 0.05) is 42.9 Å². The molecule has 0 spiro atoms. The van der Waals surface area contributed by atoms with Gasteiger partial charge in [-0.05, 0) is 30.7 Å². The molecule has 2 heterocycles. The zero-order chi connectivity index (χ0) is 16.4. The van der Waals surface area contributed by atoms with Gasteiger partial charge in [-0.15, -0.1) is 0 Å². The molecule has 1 aliphatic heterocycles. The smallest absolute Gasteiger partial charge is 0.368 e. The molecule has 3 nitrogen and oxygen atoms in total. The Morgan fingerprint density at radius 2 is 1.91 bits per heavy atom. The van der Waals surface area contributed by atoms with Gasteiger partial charge in [0.1, 0.15) is 0 Å². The lowest BCUT2D eigenvalue weighted by atomic mass is 10.1. The van der Waals surface area contributed by atoms with Crippen LogP contribution in [0.1, 0.15) is 24.6 Å². The molecule has 1 N–H and O–H groups in total. The van der Waals surface area contributed by atoms with Gasteiger partial charge in [0.2, 0.25) is 0 Å². The van der Waals surface area contributed by atoms with Gasteiger partial charge >= 0.3 is 6.18 Å². The number of fused-ring (bicyclic) bond motifs is 1. The molecule has 0 bridgehead atoms. The Bertz CT molecular complexity index is 691. The third kappa shape index (κ3) is 3.42. The summed E-state index contributed by atoms with van der Waals surface area (Å²) in [5, 5.41) is 3.86. The second-order valence-electron chi connectivity index (χ2n) is 5.85. The van der Waals surface area contributed by atoms with Gasteiger partial charge in [0.25, 0.3) is 0 Å². The minimum Gasteiger partial charge on any atom is -0.368 e. The molecule has 0 unspecified atom stereocenters. The van der Waals surface area contributed by atoms with Crippen LogP contribution in [-0.4, -0.2) is 31.2 Å². The first-order valence-electron chi connectivity index (χ1n) is 7.95. The summed E-state index contributed by atoms with van der Waals surface area (Å²) in [6.07, 6.45) is -2.55. The van der Waals surface area contributed by atoms with E-state index in [0.29, 0.717) is 10.9 Å². The topological polar surface area (TPSA) is 28.2 Å². The number of aryl methyl sites for hydroxylation is 1. The number of halogens is 3. The molecule has 1 aromatic heterocycles. The number of hydrogen-bond donors (Lipinski definition) is 1. The van der Waals surface area contributed by atoms with E-state index in [1.807, 2.05) is 6.07 Å². The number of aromatic nitrogens is 1. The van der Waals surface area contributed by atoms with Crippen molar-refractivity contribution in [1.29, 1.82) is 0 Å². The number of rotatable bonds is 3. The van der Waals surface area contributed by atoms with Crippen molar-refractivity contribution in [1.82, 2.24) is 10.3 Å². The number of hydrogen-bond acceptors (Lipinski definition) is 3. The first kappa shape index (κ1) is 16.1. The number of nitrogens with zero attached hydrogens (tertiary/aromatic N) is 2. The highest BCUT2D eigenvalue weighted by Crippen LogP contribution is 2.35. The summed E-state index contributed by atoms with van der Waals surface area (Å²) in [4.78, 5) is 6.69. The third-order valence-electron chi connectivity index (χ3n) is 4.13. The Balaban J connectivity index is 2.14. The van der Waals surface area contributed by atoms with Crippen LogP contribution in [-0.2, 0) is 12.6 Å². The van der Waals surface area contributed by atoms with Crippen molar-refractivity contribution in [2.45, 2.75) is 25.9 Å². The summed E-state index contributed by atoms with van der Waals surface area (Å²) in [7, 11) is 0. The molecular formula is C17H20F3N3. The number of nitrogens with one attached hydrogen (secondary N) is 1. The summed E-state index contributed by atoms with van der Waals surface area (Å²) < 4.78 is 39.1. The van der Waals surface area contributed by atoms with Crippen molar-refractivity contribution in [3.63, 3.8) is 0 Å². The van der Waals surface area contributed by atoms with Crippen LogP contribution < -0.4 is 10.2 Å². The summed E-state index contributed by atoms with van der Waals surface area (Å²) in [6.45, 7) is 5.34. The van der Waals surface area contributed by atoms with Crippen LogP contribution in [0, 0.1) is 0 Å². The van der Waals surface area contributed by atoms with E-state index in [0.717, 1.165) is 56.5 Å². The molecular weight excluding hydrogens is 303 g/mol. The molecule has 124 valence electrons.